The number of rotatable bonds is 1. The molecule has 0 bridgehead atoms. The van der Waals surface area contributed by atoms with E-state index < -0.39 is 0 Å². The summed E-state index contributed by atoms with van der Waals surface area (Å²) in [5.41, 5.74) is 0. The van der Waals surface area contributed by atoms with Gasteiger partial charge in [-0.2, -0.15) is 0 Å². The molecule has 1 rings (SSSR count). The highest BCUT2D eigenvalue weighted by molar-refractivity contribution is 14.1. The van der Waals surface area contributed by atoms with E-state index in [4.69, 9.17) is 0 Å². The van der Waals surface area contributed by atoms with Gasteiger partial charge in [0.15, 0.2) is 0 Å². The summed E-state index contributed by atoms with van der Waals surface area (Å²) in [7, 11) is 4.32. The molecule has 3 heteroatoms. The molecule has 9 heavy (non-hydrogen) atoms. The standard InChI is InChI=1S/C6H13IN2/c1-8-4-3-6(5-8)9(2)7/h6H,3-5H2,1-2H3/t6-/m0/s1. The van der Waals surface area contributed by atoms with E-state index in [-0.39, 0.29) is 0 Å². The van der Waals surface area contributed by atoms with Gasteiger partial charge in [-0.3, -0.25) is 0 Å². The molecule has 0 spiro atoms. The molecule has 1 saturated heterocycles. The van der Waals surface area contributed by atoms with E-state index in [9.17, 15) is 0 Å². The van der Waals surface area contributed by atoms with Gasteiger partial charge in [-0.1, -0.05) is 0 Å². The van der Waals surface area contributed by atoms with Gasteiger partial charge in [0.25, 0.3) is 0 Å². The predicted molar refractivity (Wildman–Crippen MR) is 47.7 cm³/mol. The summed E-state index contributed by atoms with van der Waals surface area (Å²) in [5, 5.41) is 0. The first kappa shape index (κ1) is 7.75. The van der Waals surface area contributed by atoms with Crippen LogP contribution in [0.3, 0.4) is 0 Å². The van der Waals surface area contributed by atoms with Gasteiger partial charge in [-0.15, -0.1) is 0 Å². The van der Waals surface area contributed by atoms with Crippen molar-refractivity contribution in [2.45, 2.75) is 12.5 Å². The highest BCUT2D eigenvalue weighted by Crippen LogP contribution is 2.14. The van der Waals surface area contributed by atoms with Crippen LogP contribution in [0.15, 0.2) is 0 Å². The van der Waals surface area contributed by atoms with E-state index in [2.05, 4.69) is 45.0 Å². The molecule has 0 radical (unpaired) electrons. The van der Waals surface area contributed by atoms with E-state index in [1.807, 2.05) is 0 Å². The van der Waals surface area contributed by atoms with Crippen LogP contribution in [0, 0.1) is 0 Å². The molecule has 54 valence electrons. The van der Waals surface area contributed by atoms with E-state index in [1.54, 1.807) is 0 Å². The van der Waals surface area contributed by atoms with E-state index in [1.165, 1.54) is 19.5 Å². The summed E-state index contributed by atoms with van der Waals surface area (Å²) in [6.45, 7) is 2.50. The molecule has 1 aliphatic heterocycles. The Bertz CT molecular complexity index is 95.1. The Hall–Kier alpha value is 0.650. The minimum absolute atomic E-state index is 0.788. The summed E-state index contributed by atoms with van der Waals surface area (Å²) >= 11 is 2.36. The topological polar surface area (TPSA) is 6.48 Å². The Morgan fingerprint density at radius 2 is 2.33 bits per heavy atom. The molecule has 1 aliphatic rings. The minimum Gasteiger partial charge on any atom is -0.305 e. The Morgan fingerprint density at radius 3 is 2.56 bits per heavy atom. The number of likely N-dealkylation sites (tertiary alicyclic amines) is 1. The molecule has 0 amide bonds. The third kappa shape index (κ3) is 2.05. The summed E-state index contributed by atoms with van der Waals surface area (Å²) in [5.74, 6) is 0. The molecular weight excluding hydrogens is 227 g/mol. The second kappa shape index (κ2) is 3.16. The molecule has 0 saturated carbocycles. The molecule has 0 aliphatic carbocycles. The number of likely N-dealkylation sites (N-methyl/N-ethyl adjacent to an activating group) is 2. The Balaban J connectivity index is 2.30. The highest BCUT2D eigenvalue weighted by Gasteiger charge is 2.21. The number of halogens is 1. The lowest BCUT2D eigenvalue weighted by Gasteiger charge is -2.15. The Kier molecular flexibility index (Phi) is 2.73. The quantitative estimate of drug-likeness (QED) is 0.497. The fourth-order valence-corrected chi connectivity index (χ4v) is 1.66. The number of hydrogen-bond acceptors (Lipinski definition) is 2. The molecule has 0 aromatic carbocycles. The molecule has 0 N–H and O–H groups in total. The first-order valence-corrected chi connectivity index (χ1v) is 4.24. The van der Waals surface area contributed by atoms with Crippen molar-refractivity contribution in [2.75, 3.05) is 27.2 Å². The summed E-state index contributed by atoms with van der Waals surface area (Å²) in [6.07, 6.45) is 1.33. The smallest absolute Gasteiger partial charge is 0.0330 e. The first-order valence-electron chi connectivity index (χ1n) is 3.27. The van der Waals surface area contributed by atoms with Crippen LogP contribution < -0.4 is 0 Å². The molecule has 1 fully saturated rings. The van der Waals surface area contributed by atoms with Crippen molar-refractivity contribution in [1.29, 1.82) is 0 Å². The molecule has 0 aromatic heterocycles. The maximum absolute atomic E-state index is 2.37. The maximum atomic E-state index is 2.37. The number of hydrogen-bond donors (Lipinski definition) is 0. The van der Waals surface area contributed by atoms with Crippen LogP contribution in [0.4, 0.5) is 0 Å². The second-order valence-corrected chi connectivity index (χ2v) is 4.25. The zero-order valence-corrected chi connectivity index (χ0v) is 8.13. The predicted octanol–water partition coefficient (Wildman–Crippen LogP) is 0.972. The largest absolute Gasteiger partial charge is 0.305 e. The maximum Gasteiger partial charge on any atom is 0.0330 e. The average molecular weight is 240 g/mol. The van der Waals surface area contributed by atoms with E-state index in [0.29, 0.717) is 0 Å². The van der Waals surface area contributed by atoms with Gasteiger partial charge in [0.1, 0.15) is 0 Å². The van der Waals surface area contributed by atoms with Crippen molar-refractivity contribution in [3.8, 4) is 0 Å². The van der Waals surface area contributed by atoms with Gasteiger partial charge in [0, 0.05) is 35.5 Å². The summed E-state index contributed by atoms with van der Waals surface area (Å²) in [4.78, 5) is 2.37. The lowest BCUT2D eigenvalue weighted by atomic mass is 10.3. The van der Waals surface area contributed by atoms with Crippen LogP contribution in [0.1, 0.15) is 6.42 Å². The van der Waals surface area contributed by atoms with Crippen molar-refractivity contribution in [1.82, 2.24) is 8.01 Å². The zero-order valence-electron chi connectivity index (χ0n) is 5.97. The molecule has 1 atom stereocenters. The van der Waals surface area contributed by atoms with Gasteiger partial charge < -0.3 is 4.90 Å². The SMILES string of the molecule is CN1CC[C@H](N(C)I)C1. The van der Waals surface area contributed by atoms with Gasteiger partial charge >= 0.3 is 0 Å². The molecule has 1 heterocycles. The first-order chi connectivity index (χ1) is 4.20. The third-order valence-electron chi connectivity index (χ3n) is 1.87. The lowest BCUT2D eigenvalue weighted by molar-refractivity contribution is 0.377. The van der Waals surface area contributed by atoms with Crippen molar-refractivity contribution < 1.29 is 0 Å². The molecular formula is C6H13IN2. The van der Waals surface area contributed by atoms with Crippen molar-refractivity contribution >= 4 is 22.9 Å². The lowest BCUT2D eigenvalue weighted by Crippen LogP contribution is -2.25. The second-order valence-electron chi connectivity index (χ2n) is 2.73. The fourth-order valence-electron chi connectivity index (χ4n) is 1.20. The van der Waals surface area contributed by atoms with E-state index in [0.717, 1.165) is 6.04 Å². The Labute approximate surface area is 70.7 Å². The van der Waals surface area contributed by atoms with Gasteiger partial charge in [-0.05, 0) is 27.1 Å². The average Bonchev–Trinajstić information content (AvgIpc) is 2.14. The zero-order chi connectivity index (χ0) is 6.85. The van der Waals surface area contributed by atoms with Crippen molar-refractivity contribution in [2.24, 2.45) is 0 Å². The fraction of sp³-hybridized carbons (Fsp3) is 1.00. The van der Waals surface area contributed by atoms with Crippen LogP contribution in [0.25, 0.3) is 0 Å². The van der Waals surface area contributed by atoms with Crippen LogP contribution >= 0.6 is 22.9 Å². The molecule has 0 aromatic rings. The van der Waals surface area contributed by atoms with Crippen LogP contribution in [0.5, 0.6) is 0 Å². The summed E-state index contributed by atoms with van der Waals surface area (Å²) < 4.78 is 2.28. The monoisotopic (exact) mass is 240 g/mol. The normalized spacial score (nSPS) is 30.0. The van der Waals surface area contributed by atoms with Crippen LogP contribution in [0.2, 0.25) is 0 Å². The molecule has 2 nitrogen and oxygen atoms in total. The van der Waals surface area contributed by atoms with Crippen molar-refractivity contribution in [3.05, 3.63) is 0 Å². The highest BCUT2D eigenvalue weighted by atomic mass is 127. The molecule has 0 unspecified atom stereocenters. The Morgan fingerprint density at radius 1 is 1.67 bits per heavy atom. The van der Waals surface area contributed by atoms with Crippen LogP contribution in [-0.2, 0) is 0 Å². The van der Waals surface area contributed by atoms with Gasteiger partial charge in [0.2, 0.25) is 0 Å². The van der Waals surface area contributed by atoms with E-state index >= 15 is 0 Å². The minimum atomic E-state index is 0.788. The number of nitrogens with zero attached hydrogens (tertiary/aromatic N) is 2. The van der Waals surface area contributed by atoms with Crippen LogP contribution in [-0.4, -0.2) is 41.2 Å². The summed E-state index contributed by atoms with van der Waals surface area (Å²) in [6, 6.07) is 0.788. The van der Waals surface area contributed by atoms with Gasteiger partial charge in [0.05, 0.1) is 0 Å². The van der Waals surface area contributed by atoms with Crippen molar-refractivity contribution in [3.63, 3.8) is 0 Å². The van der Waals surface area contributed by atoms with Gasteiger partial charge in [-0.25, -0.2) is 3.11 Å². The third-order valence-corrected chi connectivity index (χ3v) is 2.66.